The van der Waals surface area contributed by atoms with Gasteiger partial charge in [0, 0.05) is 6.20 Å². The Balaban J connectivity index is 1.76. The molecule has 2 aromatic rings. The average Bonchev–Trinajstić information content (AvgIpc) is 2.67. The number of ether oxygens (including phenoxy) is 1. The van der Waals surface area contributed by atoms with Crippen LogP contribution in [0.1, 0.15) is 29.7 Å². The highest BCUT2D eigenvalue weighted by Crippen LogP contribution is 2.46. The second-order valence-electron chi connectivity index (χ2n) is 5.92. The molecule has 1 amide bonds. The molecule has 1 unspecified atom stereocenters. The van der Waals surface area contributed by atoms with Gasteiger partial charge in [-0.2, -0.15) is 0 Å². The van der Waals surface area contributed by atoms with E-state index in [2.05, 4.69) is 41.5 Å². The van der Waals surface area contributed by atoms with Crippen LogP contribution in [0.5, 0.6) is 5.75 Å². The molecule has 4 rings (SSSR count). The Morgan fingerprint density at radius 1 is 1.24 bits per heavy atom. The number of benzene rings is 2. The molecule has 2 aromatic carbocycles. The van der Waals surface area contributed by atoms with Gasteiger partial charge in [0.05, 0.1) is 16.0 Å². The Labute approximate surface area is 151 Å². The van der Waals surface area contributed by atoms with Gasteiger partial charge in [0.1, 0.15) is 5.75 Å². The van der Waals surface area contributed by atoms with E-state index in [1.165, 1.54) is 5.56 Å². The zero-order valence-electron chi connectivity index (χ0n) is 13.9. The first-order valence-electron chi connectivity index (χ1n) is 8.30. The fourth-order valence-corrected chi connectivity index (χ4v) is 4.15. The molecule has 2 aliphatic heterocycles. The summed E-state index contributed by atoms with van der Waals surface area (Å²) in [5, 5.41) is 4.20. The minimum Gasteiger partial charge on any atom is -0.482 e. The Morgan fingerprint density at radius 3 is 2.88 bits per heavy atom. The summed E-state index contributed by atoms with van der Waals surface area (Å²) in [5.41, 5.74) is 4.15. The number of rotatable bonds is 3. The maximum absolute atomic E-state index is 11.6. The molecule has 2 heterocycles. The molecule has 1 atom stereocenters. The first kappa shape index (κ1) is 16.0. The maximum atomic E-state index is 11.6. The number of amides is 1. The molecule has 25 heavy (non-hydrogen) atoms. The highest BCUT2D eigenvalue weighted by molar-refractivity contribution is 8.14. The Hall–Kier alpha value is -2.53. The predicted octanol–water partition coefficient (Wildman–Crippen LogP) is 4.66. The van der Waals surface area contributed by atoms with Crippen LogP contribution in [0, 0.1) is 0 Å². The summed E-state index contributed by atoms with van der Waals surface area (Å²) in [6.07, 6.45) is 2.88. The molecule has 0 radical (unpaired) electrons. The molecule has 0 saturated carbocycles. The summed E-state index contributed by atoms with van der Waals surface area (Å²) in [4.78, 5) is 16.2. The lowest BCUT2D eigenvalue weighted by atomic mass is 9.97. The van der Waals surface area contributed by atoms with Crippen LogP contribution in [0.2, 0.25) is 0 Å². The molecule has 5 heteroatoms. The van der Waals surface area contributed by atoms with Crippen molar-refractivity contribution in [3.63, 3.8) is 0 Å². The van der Waals surface area contributed by atoms with Crippen LogP contribution in [-0.2, 0) is 4.79 Å². The lowest BCUT2D eigenvalue weighted by molar-refractivity contribution is -0.118. The highest BCUT2D eigenvalue weighted by atomic mass is 32.2. The number of hydrogen-bond acceptors (Lipinski definition) is 4. The van der Waals surface area contributed by atoms with E-state index in [4.69, 9.17) is 4.74 Å². The summed E-state index contributed by atoms with van der Waals surface area (Å²) in [6.45, 7) is 2.19. The number of aliphatic imine (C=N–C) groups is 1. The van der Waals surface area contributed by atoms with Crippen LogP contribution >= 0.6 is 11.8 Å². The van der Waals surface area contributed by atoms with E-state index in [0.717, 1.165) is 28.3 Å². The molecule has 0 bridgehead atoms. The Kier molecular flexibility index (Phi) is 4.32. The first-order chi connectivity index (χ1) is 12.2. The van der Waals surface area contributed by atoms with Crippen LogP contribution in [-0.4, -0.2) is 17.6 Å². The van der Waals surface area contributed by atoms with Gasteiger partial charge in [-0.05, 0) is 35.3 Å². The summed E-state index contributed by atoms with van der Waals surface area (Å²) in [5.74, 6) is 0.587. The van der Waals surface area contributed by atoms with Crippen molar-refractivity contribution < 1.29 is 9.53 Å². The number of fused-ring (bicyclic) bond motifs is 1. The summed E-state index contributed by atoms with van der Waals surface area (Å²) in [6, 6.07) is 16.4. The highest BCUT2D eigenvalue weighted by Gasteiger charge is 2.25. The third-order valence-corrected chi connectivity index (χ3v) is 5.66. The molecule has 0 saturated heterocycles. The third-order valence-electron chi connectivity index (χ3n) is 4.23. The summed E-state index contributed by atoms with van der Waals surface area (Å²) in [7, 11) is 0. The molecule has 2 aliphatic rings. The van der Waals surface area contributed by atoms with Crippen LogP contribution < -0.4 is 10.1 Å². The van der Waals surface area contributed by atoms with Crippen molar-refractivity contribution >= 4 is 34.0 Å². The fourth-order valence-electron chi connectivity index (χ4n) is 2.98. The van der Waals surface area contributed by atoms with Crippen molar-refractivity contribution in [2.24, 2.45) is 4.99 Å². The van der Waals surface area contributed by atoms with Crippen molar-refractivity contribution in [3.8, 4) is 5.75 Å². The third kappa shape index (κ3) is 3.20. The van der Waals surface area contributed by atoms with Gasteiger partial charge in [0.15, 0.2) is 6.61 Å². The number of hydrogen-bond donors (Lipinski definition) is 1. The molecule has 0 fully saturated rings. The zero-order chi connectivity index (χ0) is 17.2. The molecule has 1 N–H and O–H groups in total. The van der Waals surface area contributed by atoms with Crippen LogP contribution in [0.15, 0.2) is 59.7 Å². The molecule has 0 spiro atoms. The Morgan fingerprint density at radius 2 is 2.08 bits per heavy atom. The lowest BCUT2D eigenvalue weighted by Gasteiger charge is -2.25. The molecular weight excluding hydrogens is 332 g/mol. The minimum atomic E-state index is -0.123. The van der Waals surface area contributed by atoms with Crippen LogP contribution in [0.25, 0.3) is 5.57 Å². The molecule has 126 valence electrons. The van der Waals surface area contributed by atoms with E-state index in [1.54, 1.807) is 11.8 Å². The first-order valence-corrected chi connectivity index (χ1v) is 9.18. The van der Waals surface area contributed by atoms with Gasteiger partial charge in [-0.3, -0.25) is 9.79 Å². The molecule has 4 nitrogen and oxygen atoms in total. The van der Waals surface area contributed by atoms with E-state index in [-0.39, 0.29) is 17.8 Å². The van der Waals surface area contributed by atoms with Gasteiger partial charge >= 0.3 is 0 Å². The van der Waals surface area contributed by atoms with Gasteiger partial charge in [0.2, 0.25) is 0 Å². The fraction of sp³-hybridized carbons (Fsp3) is 0.200. The normalized spacial score (nSPS) is 19.2. The smallest absolute Gasteiger partial charge is 0.262 e. The van der Waals surface area contributed by atoms with E-state index in [1.807, 2.05) is 30.5 Å². The average molecular weight is 350 g/mol. The van der Waals surface area contributed by atoms with Gasteiger partial charge < -0.3 is 10.1 Å². The monoisotopic (exact) mass is 350 g/mol. The van der Waals surface area contributed by atoms with Gasteiger partial charge in [0.25, 0.3) is 5.91 Å². The van der Waals surface area contributed by atoms with Crippen molar-refractivity contribution in [2.45, 2.75) is 18.6 Å². The quantitative estimate of drug-likeness (QED) is 0.876. The minimum absolute atomic E-state index is 0.0711. The van der Waals surface area contributed by atoms with Crippen molar-refractivity contribution in [1.82, 2.24) is 0 Å². The lowest BCUT2D eigenvalue weighted by Crippen LogP contribution is -2.25. The van der Waals surface area contributed by atoms with E-state index < -0.39 is 0 Å². The number of thioether (sulfide) groups is 1. The van der Waals surface area contributed by atoms with Crippen molar-refractivity contribution in [3.05, 3.63) is 65.9 Å². The zero-order valence-corrected chi connectivity index (χ0v) is 14.7. The molecule has 0 aliphatic carbocycles. The van der Waals surface area contributed by atoms with Crippen molar-refractivity contribution in [1.29, 1.82) is 0 Å². The SMILES string of the molecule is CCC1=NC=C(c2ccc3c(c2)NC(=O)CO3)C(c2ccccc2)S1. The number of carbonyl (C=O) groups excluding carboxylic acids is 1. The van der Waals surface area contributed by atoms with Crippen molar-refractivity contribution in [2.75, 3.05) is 11.9 Å². The number of nitrogens with zero attached hydrogens (tertiary/aromatic N) is 1. The summed E-state index contributed by atoms with van der Waals surface area (Å²) >= 11 is 1.79. The number of carbonyl (C=O) groups is 1. The second kappa shape index (κ2) is 6.76. The van der Waals surface area contributed by atoms with Gasteiger partial charge in [-0.1, -0.05) is 55.1 Å². The predicted molar refractivity (Wildman–Crippen MR) is 103 cm³/mol. The number of nitrogens with one attached hydrogen (secondary N) is 1. The van der Waals surface area contributed by atoms with Gasteiger partial charge in [-0.15, -0.1) is 0 Å². The van der Waals surface area contributed by atoms with E-state index >= 15 is 0 Å². The molecular formula is C20H18N2O2S. The largest absolute Gasteiger partial charge is 0.482 e. The molecule has 0 aromatic heterocycles. The van der Waals surface area contributed by atoms with E-state index in [0.29, 0.717) is 5.75 Å². The maximum Gasteiger partial charge on any atom is 0.262 e. The topological polar surface area (TPSA) is 50.7 Å². The standard InChI is InChI=1S/C20H18N2O2S/c1-2-19-21-11-15(20(25-19)13-6-4-3-5-7-13)14-8-9-17-16(10-14)22-18(23)12-24-17/h3-11,20H,2,12H2,1H3,(H,22,23). The number of anilines is 1. The van der Waals surface area contributed by atoms with E-state index in [9.17, 15) is 4.79 Å². The van der Waals surface area contributed by atoms with Crippen LogP contribution in [0.4, 0.5) is 5.69 Å². The summed E-state index contributed by atoms with van der Waals surface area (Å²) < 4.78 is 5.46. The second-order valence-corrected chi connectivity index (χ2v) is 7.10. The van der Waals surface area contributed by atoms with Gasteiger partial charge in [-0.25, -0.2) is 0 Å². The Bertz CT molecular complexity index is 875. The van der Waals surface area contributed by atoms with Crippen LogP contribution in [0.3, 0.4) is 0 Å².